The second kappa shape index (κ2) is 8.62. The first-order valence-corrected chi connectivity index (χ1v) is 8.51. The molecule has 0 saturated carbocycles. The van der Waals surface area contributed by atoms with E-state index in [-0.39, 0.29) is 24.7 Å². The molecule has 1 atom stereocenters. The molecule has 6 nitrogen and oxygen atoms in total. The van der Waals surface area contributed by atoms with Crippen molar-refractivity contribution in [3.63, 3.8) is 0 Å². The van der Waals surface area contributed by atoms with Crippen LogP contribution in [-0.4, -0.2) is 50.8 Å². The number of nitrogens with zero attached hydrogens (tertiary/aromatic N) is 1. The average Bonchev–Trinajstić information content (AvgIpc) is 2.50. The van der Waals surface area contributed by atoms with E-state index < -0.39 is 15.9 Å². The fourth-order valence-electron chi connectivity index (χ4n) is 1.55. The molecule has 1 aromatic rings. The lowest BCUT2D eigenvalue weighted by molar-refractivity contribution is 0.107. The van der Waals surface area contributed by atoms with Crippen LogP contribution in [-0.2, 0) is 9.84 Å². The van der Waals surface area contributed by atoms with Crippen LogP contribution < -0.4 is 10.1 Å². The number of benzene rings is 1. The summed E-state index contributed by atoms with van der Waals surface area (Å²) in [5, 5.41) is 21.3. The Morgan fingerprint density at radius 2 is 2.24 bits per heavy atom. The SMILES string of the molecule is CCS(=O)(=O)CCNCC(O)COc1cccc(C#N)c1. The number of hydrogen-bond donors (Lipinski definition) is 2. The van der Waals surface area contributed by atoms with Gasteiger partial charge in [0.1, 0.15) is 18.5 Å². The monoisotopic (exact) mass is 312 g/mol. The van der Waals surface area contributed by atoms with Crippen molar-refractivity contribution in [2.75, 3.05) is 31.2 Å². The molecule has 0 amide bonds. The number of nitriles is 1. The van der Waals surface area contributed by atoms with Crippen molar-refractivity contribution in [2.24, 2.45) is 0 Å². The molecule has 1 rings (SSSR count). The zero-order valence-corrected chi connectivity index (χ0v) is 12.8. The number of ether oxygens (including phenoxy) is 1. The van der Waals surface area contributed by atoms with E-state index in [2.05, 4.69) is 5.32 Å². The van der Waals surface area contributed by atoms with E-state index in [4.69, 9.17) is 10.00 Å². The predicted octanol–water partition coefficient (Wildman–Crippen LogP) is 0.322. The maximum atomic E-state index is 11.3. The summed E-state index contributed by atoms with van der Waals surface area (Å²) in [6.07, 6.45) is -0.750. The lowest BCUT2D eigenvalue weighted by Gasteiger charge is -2.13. The molecule has 1 aromatic carbocycles. The number of aliphatic hydroxyl groups excluding tert-OH is 1. The summed E-state index contributed by atoms with van der Waals surface area (Å²) < 4.78 is 27.9. The fraction of sp³-hybridized carbons (Fsp3) is 0.500. The minimum Gasteiger partial charge on any atom is -0.491 e. The van der Waals surface area contributed by atoms with Gasteiger partial charge in [0.2, 0.25) is 0 Å². The van der Waals surface area contributed by atoms with Gasteiger partial charge < -0.3 is 15.2 Å². The first-order chi connectivity index (χ1) is 9.96. The van der Waals surface area contributed by atoms with Crippen LogP contribution in [0.25, 0.3) is 0 Å². The Kier molecular flexibility index (Phi) is 7.15. The Labute approximate surface area is 125 Å². The highest BCUT2D eigenvalue weighted by atomic mass is 32.2. The van der Waals surface area contributed by atoms with Gasteiger partial charge in [-0.15, -0.1) is 0 Å². The van der Waals surface area contributed by atoms with Gasteiger partial charge in [0, 0.05) is 18.8 Å². The van der Waals surface area contributed by atoms with Crippen molar-refractivity contribution in [3.05, 3.63) is 29.8 Å². The second-order valence-corrected chi connectivity index (χ2v) is 7.02. The smallest absolute Gasteiger partial charge is 0.151 e. The highest BCUT2D eigenvalue weighted by molar-refractivity contribution is 7.91. The standard InChI is InChI=1S/C14H20N2O4S/c1-2-21(18,19)7-6-16-10-13(17)11-20-14-5-3-4-12(8-14)9-15/h3-5,8,13,16-17H,2,6-7,10-11H2,1H3. The molecule has 1 unspecified atom stereocenters. The summed E-state index contributed by atoms with van der Waals surface area (Å²) in [5.41, 5.74) is 0.491. The summed E-state index contributed by atoms with van der Waals surface area (Å²) in [7, 11) is -2.99. The van der Waals surface area contributed by atoms with Crippen LogP contribution in [0.1, 0.15) is 12.5 Å². The maximum absolute atomic E-state index is 11.3. The molecule has 0 spiro atoms. The third kappa shape index (κ3) is 7.09. The van der Waals surface area contributed by atoms with Gasteiger partial charge in [0.05, 0.1) is 17.4 Å². The highest BCUT2D eigenvalue weighted by Gasteiger charge is 2.08. The molecule has 0 aromatic heterocycles. The zero-order chi connectivity index (χ0) is 15.7. The van der Waals surface area contributed by atoms with Gasteiger partial charge in [-0.25, -0.2) is 8.42 Å². The van der Waals surface area contributed by atoms with E-state index in [0.29, 0.717) is 17.9 Å². The van der Waals surface area contributed by atoms with Gasteiger partial charge >= 0.3 is 0 Å². The van der Waals surface area contributed by atoms with Gasteiger partial charge in [-0.2, -0.15) is 5.26 Å². The molecule has 0 bridgehead atoms. The normalized spacial score (nSPS) is 12.6. The van der Waals surface area contributed by atoms with Gasteiger partial charge in [-0.1, -0.05) is 13.0 Å². The second-order valence-electron chi connectivity index (χ2n) is 4.54. The van der Waals surface area contributed by atoms with Gasteiger partial charge in [0.15, 0.2) is 9.84 Å². The van der Waals surface area contributed by atoms with Crippen molar-refractivity contribution >= 4 is 9.84 Å². The van der Waals surface area contributed by atoms with Crippen molar-refractivity contribution in [3.8, 4) is 11.8 Å². The fourth-order valence-corrected chi connectivity index (χ4v) is 2.29. The Morgan fingerprint density at radius 3 is 2.90 bits per heavy atom. The summed E-state index contributed by atoms with van der Waals surface area (Å²) in [6, 6.07) is 8.67. The van der Waals surface area contributed by atoms with E-state index in [9.17, 15) is 13.5 Å². The topological polar surface area (TPSA) is 99.4 Å². The first-order valence-electron chi connectivity index (χ1n) is 6.69. The molecule has 0 heterocycles. The summed E-state index contributed by atoms with van der Waals surface area (Å²) in [5.74, 6) is 0.693. The summed E-state index contributed by atoms with van der Waals surface area (Å²) >= 11 is 0. The molecule has 7 heteroatoms. The lowest BCUT2D eigenvalue weighted by atomic mass is 10.2. The number of aliphatic hydroxyl groups is 1. The molecule has 0 radical (unpaired) electrons. The van der Waals surface area contributed by atoms with Crippen molar-refractivity contribution in [2.45, 2.75) is 13.0 Å². The average molecular weight is 312 g/mol. The number of rotatable bonds is 9. The van der Waals surface area contributed by atoms with Gasteiger partial charge in [-0.05, 0) is 18.2 Å². The largest absolute Gasteiger partial charge is 0.491 e. The molecule has 116 valence electrons. The molecule has 0 aliphatic rings. The third-order valence-corrected chi connectivity index (χ3v) is 4.52. The number of hydrogen-bond acceptors (Lipinski definition) is 6. The molecular formula is C14H20N2O4S. The van der Waals surface area contributed by atoms with Crippen molar-refractivity contribution < 1.29 is 18.3 Å². The number of nitrogens with one attached hydrogen (secondary N) is 1. The Hall–Kier alpha value is -1.62. The Morgan fingerprint density at radius 1 is 1.48 bits per heavy atom. The zero-order valence-electron chi connectivity index (χ0n) is 11.9. The summed E-state index contributed by atoms with van der Waals surface area (Å²) in [4.78, 5) is 0. The van der Waals surface area contributed by atoms with Crippen LogP contribution in [0.15, 0.2) is 24.3 Å². The third-order valence-electron chi connectivity index (χ3n) is 2.82. The predicted molar refractivity (Wildman–Crippen MR) is 79.9 cm³/mol. The molecule has 2 N–H and O–H groups in total. The van der Waals surface area contributed by atoms with E-state index in [1.54, 1.807) is 31.2 Å². The van der Waals surface area contributed by atoms with Crippen molar-refractivity contribution in [1.82, 2.24) is 5.32 Å². The van der Waals surface area contributed by atoms with Crippen LogP contribution in [0.4, 0.5) is 0 Å². The van der Waals surface area contributed by atoms with Gasteiger partial charge in [0.25, 0.3) is 0 Å². The highest BCUT2D eigenvalue weighted by Crippen LogP contribution is 2.12. The van der Waals surface area contributed by atoms with Crippen LogP contribution >= 0.6 is 0 Å². The van der Waals surface area contributed by atoms with E-state index in [1.165, 1.54) is 0 Å². The Balaban J connectivity index is 2.25. The van der Waals surface area contributed by atoms with Crippen LogP contribution in [0.2, 0.25) is 0 Å². The molecule has 0 fully saturated rings. The van der Waals surface area contributed by atoms with E-state index in [1.807, 2.05) is 6.07 Å². The van der Waals surface area contributed by atoms with Crippen LogP contribution in [0.5, 0.6) is 5.75 Å². The Bertz CT molecular complexity index is 581. The minimum atomic E-state index is -2.99. The van der Waals surface area contributed by atoms with E-state index in [0.717, 1.165) is 0 Å². The summed E-state index contributed by atoms with van der Waals surface area (Å²) in [6.45, 7) is 2.23. The van der Waals surface area contributed by atoms with Gasteiger partial charge in [-0.3, -0.25) is 0 Å². The van der Waals surface area contributed by atoms with Crippen LogP contribution in [0, 0.1) is 11.3 Å². The van der Waals surface area contributed by atoms with E-state index >= 15 is 0 Å². The molecule has 0 aliphatic heterocycles. The first kappa shape index (κ1) is 17.4. The molecule has 21 heavy (non-hydrogen) atoms. The minimum absolute atomic E-state index is 0.0568. The molecular weight excluding hydrogens is 292 g/mol. The molecule has 0 saturated heterocycles. The number of sulfone groups is 1. The van der Waals surface area contributed by atoms with Crippen molar-refractivity contribution in [1.29, 1.82) is 5.26 Å². The quantitative estimate of drug-likeness (QED) is 0.637. The maximum Gasteiger partial charge on any atom is 0.151 e. The molecule has 0 aliphatic carbocycles. The lowest BCUT2D eigenvalue weighted by Crippen LogP contribution is -2.34. The van der Waals surface area contributed by atoms with Crippen LogP contribution in [0.3, 0.4) is 0 Å².